The van der Waals surface area contributed by atoms with Crippen LogP contribution in [0.2, 0.25) is 0 Å². The summed E-state index contributed by atoms with van der Waals surface area (Å²) in [5.74, 6) is 1.79. The van der Waals surface area contributed by atoms with Crippen LogP contribution >= 0.6 is 0 Å². The first-order valence-corrected chi connectivity index (χ1v) is 7.32. The van der Waals surface area contributed by atoms with Gasteiger partial charge >= 0.3 is 0 Å². The van der Waals surface area contributed by atoms with E-state index in [0.717, 1.165) is 24.5 Å². The molecule has 0 bridgehead atoms. The van der Waals surface area contributed by atoms with Crippen molar-refractivity contribution >= 4 is 0 Å². The van der Waals surface area contributed by atoms with E-state index < -0.39 is 0 Å². The van der Waals surface area contributed by atoms with Gasteiger partial charge in [-0.2, -0.15) is 0 Å². The third-order valence-electron chi connectivity index (χ3n) is 3.40. The van der Waals surface area contributed by atoms with E-state index in [4.69, 9.17) is 9.47 Å². The molecule has 3 heteroatoms. The van der Waals surface area contributed by atoms with E-state index in [-0.39, 0.29) is 6.04 Å². The Morgan fingerprint density at radius 3 is 2.38 bits per heavy atom. The van der Waals surface area contributed by atoms with Crippen molar-refractivity contribution in [1.82, 2.24) is 5.32 Å². The summed E-state index contributed by atoms with van der Waals surface area (Å²) in [6.07, 6.45) is 1.01. The summed E-state index contributed by atoms with van der Waals surface area (Å²) >= 11 is 0. The van der Waals surface area contributed by atoms with E-state index in [9.17, 15) is 0 Å². The van der Waals surface area contributed by atoms with E-state index in [1.165, 1.54) is 11.1 Å². The highest BCUT2D eigenvalue weighted by atomic mass is 16.5. The second kappa shape index (κ2) is 7.70. The van der Waals surface area contributed by atoms with Crippen LogP contribution in [-0.4, -0.2) is 20.8 Å². The smallest absolute Gasteiger partial charge is 0.119 e. The van der Waals surface area contributed by atoms with Crippen molar-refractivity contribution in [3.05, 3.63) is 59.7 Å². The predicted octanol–water partition coefficient (Wildman–Crippen LogP) is 3.79. The molecule has 0 spiro atoms. The lowest BCUT2D eigenvalue weighted by atomic mass is 9.98. The first-order valence-electron chi connectivity index (χ1n) is 7.32. The Balaban J connectivity index is 2.23. The minimum atomic E-state index is 0.140. The number of rotatable bonds is 7. The monoisotopic (exact) mass is 285 g/mol. The van der Waals surface area contributed by atoms with Crippen molar-refractivity contribution in [3.63, 3.8) is 0 Å². The number of benzene rings is 2. The number of hydrogen-bond acceptors (Lipinski definition) is 3. The summed E-state index contributed by atoms with van der Waals surface area (Å²) in [5, 5.41) is 3.36. The maximum atomic E-state index is 5.72. The van der Waals surface area contributed by atoms with Crippen molar-refractivity contribution in [2.24, 2.45) is 0 Å². The maximum Gasteiger partial charge on any atom is 0.119 e. The van der Waals surface area contributed by atoms with Gasteiger partial charge in [-0.25, -0.2) is 0 Å². The normalized spacial score (nSPS) is 12.0. The van der Waals surface area contributed by atoms with Gasteiger partial charge in [0.15, 0.2) is 0 Å². The summed E-state index contributed by atoms with van der Waals surface area (Å²) in [4.78, 5) is 0. The Morgan fingerprint density at radius 1 is 1.00 bits per heavy atom. The largest absolute Gasteiger partial charge is 0.497 e. The summed E-state index contributed by atoms with van der Waals surface area (Å²) in [7, 11) is 3.65. The number of nitrogens with one attached hydrogen (secondary N) is 1. The van der Waals surface area contributed by atoms with Crippen molar-refractivity contribution in [2.75, 3.05) is 20.8 Å². The third-order valence-corrected chi connectivity index (χ3v) is 3.40. The van der Waals surface area contributed by atoms with Crippen LogP contribution in [0.4, 0.5) is 0 Å². The molecule has 0 radical (unpaired) electrons. The van der Waals surface area contributed by atoms with Gasteiger partial charge in [-0.15, -0.1) is 0 Å². The summed E-state index contributed by atoms with van der Waals surface area (Å²) in [6.45, 7) is 2.85. The average molecular weight is 285 g/mol. The highest BCUT2D eigenvalue weighted by Gasteiger charge is 2.12. The molecule has 0 aliphatic rings. The SMILES string of the molecule is CCCOc1cccc(C(NC)c2ccc(OC)cc2)c1. The van der Waals surface area contributed by atoms with E-state index >= 15 is 0 Å². The number of ether oxygens (including phenoxy) is 2. The van der Waals surface area contributed by atoms with Gasteiger partial charge in [0.2, 0.25) is 0 Å². The third kappa shape index (κ3) is 3.99. The summed E-state index contributed by atoms with van der Waals surface area (Å²) in [6, 6.07) is 16.5. The molecule has 1 unspecified atom stereocenters. The Hall–Kier alpha value is -2.00. The van der Waals surface area contributed by atoms with Crippen molar-refractivity contribution in [1.29, 1.82) is 0 Å². The zero-order valence-electron chi connectivity index (χ0n) is 12.9. The summed E-state index contributed by atoms with van der Waals surface area (Å²) < 4.78 is 10.9. The van der Waals surface area contributed by atoms with Gasteiger partial charge in [-0.3, -0.25) is 0 Å². The molecule has 0 fully saturated rings. The summed E-state index contributed by atoms with van der Waals surface area (Å²) in [5.41, 5.74) is 2.39. The molecule has 0 amide bonds. The Kier molecular flexibility index (Phi) is 5.64. The highest BCUT2D eigenvalue weighted by molar-refractivity contribution is 5.38. The van der Waals surface area contributed by atoms with Crippen LogP contribution in [0, 0.1) is 0 Å². The standard InChI is InChI=1S/C18H23NO2/c1-4-12-21-17-7-5-6-15(13-17)18(19-2)14-8-10-16(20-3)11-9-14/h5-11,13,18-19H,4,12H2,1-3H3. The molecule has 2 aromatic rings. The lowest BCUT2D eigenvalue weighted by molar-refractivity contribution is 0.317. The minimum absolute atomic E-state index is 0.140. The minimum Gasteiger partial charge on any atom is -0.497 e. The van der Waals surface area contributed by atoms with Crippen LogP contribution in [0.25, 0.3) is 0 Å². The van der Waals surface area contributed by atoms with Crippen LogP contribution in [0.5, 0.6) is 11.5 Å². The molecule has 0 aliphatic carbocycles. The fourth-order valence-electron chi connectivity index (χ4n) is 2.33. The molecule has 2 aromatic carbocycles. The fourth-order valence-corrected chi connectivity index (χ4v) is 2.33. The van der Waals surface area contributed by atoms with Crippen LogP contribution < -0.4 is 14.8 Å². The van der Waals surface area contributed by atoms with Gasteiger partial charge in [0.05, 0.1) is 19.8 Å². The van der Waals surface area contributed by atoms with Gasteiger partial charge in [0, 0.05) is 0 Å². The average Bonchev–Trinajstić information content (AvgIpc) is 2.55. The van der Waals surface area contributed by atoms with E-state index in [2.05, 4.69) is 36.5 Å². The van der Waals surface area contributed by atoms with Crippen molar-refractivity contribution in [2.45, 2.75) is 19.4 Å². The second-order valence-electron chi connectivity index (χ2n) is 4.92. The van der Waals surface area contributed by atoms with Crippen molar-refractivity contribution in [3.8, 4) is 11.5 Å². The zero-order valence-corrected chi connectivity index (χ0v) is 12.9. The molecular formula is C18H23NO2. The first-order chi connectivity index (χ1) is 10.3. The van der Waals surface area contributed by atoms with Crippen LogP contribution in [0.1, 0.15) is 30.5 Å². The fraction of sp³-hybridized carbons (Fsp3) is 0.333. The number of hydrogen-bond donors (Lipinski definition) is 1. The Labute approximate surface area is 126 Å². The Morgan fingerprint density at radius 2 is 1.76 bits per heavy atom. The van der Waals surface area contributed by atoms with Gasteiger partial charge in [0.1, 0.15) is 11.5 Å². The van der Waals surface area contributed by atoms with Gasteiger partial charge in [-0.1, -0.05) is 31.2 Å². The number of methoxy groups -OCH3 is 1. The van der Waals surface area contributed by atoms with Gasteiger partial charge in [0.25, 0.3) is 0 Å². The van der Waals surface area contributed by atoms with E-state index in [1.807, 2.05) is 31.3 Å². The van der Waals surface area contributed by atoms with Gasteiger partial charge in [-0.05, 0) is 48.9 Å². The lowest BCUT2D eigenvalue weighted by Crippen LogP contribution is -2.17. The van der Waals surface area contributed by atoms with Crippen LogP contribution in [0.3, 0.4) is 0 Å². The molecule has 112 valence electrons. The van der Waals surface area contributed by atoms with Crippen molar-refractivity contribution < 1.29 is 9.47 Å². The van der Waals surface area contributed by atoms with Crippen LogP contribution in [0.15, 0.2) is 48.5 Å². The molecule has 0 saturated heterocycles. The quantitative estimate of drug-likeness (QED) is 0.839. The molecule has 0 aromatic heterocycles. The van der Waals surface area contributed by atoms with E-state index in [0.29, 0.717) is 0 Å². The maximum absolute atomic E-state index is 5.72. The van der Waals surface area contributed by atoms with E-state index in [1.54, 1.807) is 7.11 Å². The highest BCUT2D eigenvalue weighted by Crippen LogP contribution is 2.26. The molecule has 1 atom stereocenters. The molecular weight excluding hydrogens is 262 g/mol. The van der Waals surface area contributed by atoms with Gasteiger partial charge < -0.3 is 14.8 Å². The topological polar surface area (TPSA) is 30.5 Å². The molecule has 0 heterocycles. The van der Waals surface area contributed by atoms with Crippen LogP contribution in [-0.2, 0) is 0 Å². The lowest BCUT2D eigenvalue weighted by Gasteiger charge is -2.18. The first kappa shape index (κ1) is 15.4. The molecule has 2 rings (SSSR count). The zero-order chi connectivity index (χ0) is 15.1. The molecule has 21 heavy (non-hydrogen) atoms. The predicted molar refractivity (Wildman–Crippen MR) is 86.1 cm³/mol. The molecule has 0 saturated carbocycles. The molecule has 3 nitrogen and oxygen atoms in total. The Bertz CT molecular complexity index is 551. The molecule has 0 aliphatic heterocycles. The molecule has 1 N–H and O–H groups in total. The second-order valence-corrected chi connectivity index (χ2v) is 4.92.